The molecule has 0 unspecified atom stereocenters. The van der Waals surface area contributed by atoms with Gasteiger partial charge in [-0.25, -0.2) is 4.79 Å². The Labute approximate surface area is 83.2 Å². The van der Waals surface area contributed by atoms with Crippen LogP contribution in [0.5, 0.6) is 0 Å². The van der Waals surface area contributed by atoms with Gasteiger partial charge in [-0.3, -0.25) is 0 Å². The van der Waals surface area contributed by atoms with Gasteiger partial charge in [0, 0.05) is 12.6 Å². The van der Waals surface area contributed by atoms with E-state index in [1.54, 1.807) is 6.08 Å². The molecule has 0 spiro atoms. The largest absolute Gasteiger partial charge is 0.466 e. The summed E-state index contributed by atoms with van der Waals surface area (Å²) in [7, 11) is 1.35. The maximum absolute atomic E-state index is 10.8. The molecule has 0 heterocycles. The van der Waals surface area contributed by atoms with Crippen LogP contribution in [0.15, 0.2) is 30.3 Å². The third-order valence-electron chi connectivity index (χ3n) is 1.88. The van der Waals surface area contributed by atoms with Gasteiger partial charge in [-0.05, 0) is 17.2 Å². The molecular weight excluding hydrogens is 178 g/mol. The topological polar surface area (TPSA) is 52.3 Å². The smallest absolute Gasteiger partial charge is 0.330 e. The number of rotatable bonds is 3. The van der Waals surface area contributed by atoms with Gasteiger partial charge >= 0.3 is 5.97 Å². The molecule has 0 aliphatic heterocycles. The highest BCUT2D eigenvalue weighted by atomic mass is 16.5. The van der Waals surface area contributed by atoms with Crippen molar-refractivity contribution >= 4 is 12.0 Å². The number of benzene rings is 1. The zero-order valence-electron chi connectivity index (χ0n) is 8.07. The van der Waals surface area contributed by atoms with Gasteiger partial charge < -0.3 is 10.5 Å². The van der Waals surface area contributed by atoms with Crippen molar-refractivity contribution in [1.29, 1.82) is 0 Å². The molecule has 0 radical (unpaired) electrons. The predicted octanol–water partition coefficient (Wildman–Crippen LogP) is 1.33. The number of nitrogens with two attached hydrogens (primary N) is 1. The summed E-state index contributed by atoms with van der Waals surface area (Å²) >= 11 is 0. The van der Waals surface area contributed by atoms with Gasteiger partial charge in [-0.1, -0.05) is 24.3 Å². The molecule has 0 saturated carbocycles. The fourth-order valence-corrected chi connectivity index (χ4v) is 1.11. The van der Waals surface area contributed by atoms with E-state index in [1.807, 2.05) is 24.3 Å². The molecular formula is C11H13NO2. The molecule has 1 rings (SSSR count). The number of ether oxygens (including phenoxy) is 1. The number of esters is 1. The van der Waals surface area contributed by atoms with Crippen molar-refractivity contribution < 1.29 is 9.53 Å². The van der Waals surface area contributed by atoms with Gasteiger partial charge in [-0.15, -0.1) is 0 Å². The lowest BCUT2D eigenvalue weighted by atomic mass is 10.1. The highest BCUT2D eigenvalue weighted by molar-refractivity contribution is 5.87. The molecule has 0 aromatic heterocycles. The lowest BCUT2D eigenvalue weighted by molar-refractivity contribution is -0.134. The number of carbonyl (C=O) groups excluding carboxylic acids is 1. The highest BCUT2D eigenvalue weighted by Crippen LogP contribution is 2.09. The second-order valence-corrected chi connectivity index (χ2v) is 2.76. The Hall–Kier alpha value is -1.61. The van der Waals surface area contributed by atoms with Crippen molar-refractivity contribution in [1.82, 2.24) is 0 Å². The van der Waals surface area contributed by atoms with Gasteiger partial charge in [-0.2, -0.15) is 0 Å². The number of hydrogen-bond acceptors (Lipinski definition) is 3. The van der Waals surface area contributed by atoms with Crippen molar-refractivity contribution in [2.75, 3.05) is 7.11 Å². The van der Waals surface area contributed by atoms with E-state index in [0.29, 0.717) is 6.54 Å². The normalized spacial score (nSPS) is 10.4. The molecule has 0 aliphatic carbocycles. The van der Waals surface area contributed by atoms with Crippen molar-refractivity contribution in [3.63, 3.8) is 0 Å². The Morgan fingerprint density at radius 1 is 1.50 bits per heavy atom. The van der Waals surface area contributed by atoms with E-state index in [0.717, 1.165) is 11.1 Å². The summed E-state index contributed by atoms with van der Waals surface area (Å²) in [4.78, 5) is 10.8. The summed E-state index contributed by atoms with van der Waals surface area (Å²) in [6.07, 6.45) is 3.09. The average Bonchev–Trinajstić information content (AvgIpc) is 2.26. The Bertz CT molecular complexity index is 345. The average molecular weight is 191 g/mol. The maximum atomic E-state index is 10.8. The van der Waals surface area contributed by atoms with E-state index in [2.05, 4.69) is 4.74 Å². The summed E-state index contributed by atoms with van der Waals surface area (Å²) in [6, 6.07) is 7.65. The van der Waals surface area contributed by atoms with Crippen LogP contribution >= 0.6 is 0 Å². The van der Waals surface area contributed by atoms with Crippen molar-refractivity contribution in [3.8, 4) is 0 Å². The molecule has 0 bridgehead atoms. The Kier molecular flexibility index (Phi) is 3.88. The van der Waals surface area contributed by atoms with Crippen LogP contribution in [0.25, 0.3) is 6.08 Å². The summed E-state index contributed by atoms with van der Waals surface area (Å²) in [5.74, 6) is -0.364. The van der Waals surface area contributed by atoms with E-state index in [4.69, 9.17) is 5.73 Å². The molecule has 0 fully saturated rings. The lowest BCUT2D eigenvalue weighted by Crippen LogP contribution is -1.99. The molecule has 3 nitrogen and oxygen atoms in total. The van der Waals surface area contributed by atoms with E-state index < -0.39 is 0 Å². The van der Waals surface area contributed by atoms with Crippen LogP contribution in [-0.2, 0) is 16.1 Å². The monoisotopic (exact) mass is 191 g/mol. The fourth-order valence-electron chi connectivity index (χ4n) is 1.11. The summed E-state index contributed by atoms with van der Waals surface area (Å²) in [5.41, 5.74) is 7.49. The first-order valence-corrected chi connectivity index (χ1v) is 4.32. The number of carbonyl (C=O) groups is 1. The summed E-state index contributed by atoms with van der Waals surface area (Å²) in [5, 5.41) is 0. The summed E-state index contributed by atoms with van der Waals surface area (Å²) in [6.45, 7) is 0.460. The minimum atomic E-state index is -0.364. The van der Waals surface area contributed by atoms with E-state index in [-0.39, 0.29) is 5.97 Å². The standard InChI is InChI=1S/C11H13NO2/c1-14-11(13)7-6-9-4-2-3-5-10(9)8-12/h2-7H,8,12H2,1H3. The Morgan fingerprint density at radius 3 is 2.86 bits per heavy atom. The van der Waals surface area contributed by atoms with E-state index >= 15 is 0 Å². The molecule has 0 atom stereocenters. The molecule has 14 heavy (non-hydrogen) atoms. The molecule has 0 amide bonds. The lowest BCUT2D eigenvalue weighted by Gasteiger charge is -2.01. The second kappa shape index (κ2) is 5.19. The molecule has 1 aromatic rings. The second-order valence-electron chi connectivity index (χ2n) is 2.76. The van der Waals surface area contributed by atoms with Crippen LogP contribution in [0, 0.1) is 0 Å². The minimum Gasteiger partial charge on any atom is -0.466 e. The number of methoxy groups -OCH3 is 1. The van der Waals surface area contributed by atoms with Gasteiger partial charge in [0.25, 0.3) is 0 Å². The molecule has 3 heteroatoms. The zero-order chi connectivity index (χ0) is 10.4. The van der Waals surface area contributed by atoms with E-state index in [9.17, 15) is 4.79 Å². The molecule has 2 N–H and O–H groups in total. The highest BCUT2D eigenvalue weighted by Gasteiger charge is 1.96. The molecule has 74 valence electrons. The zero-order valence-corrected chi connectivity index (χ0v) is 8.07. The molecule has 0 aliphatic rings. The van der Waals surface area contributed by atoms with Crippen LogP contribution in [0.2, 0.25) is 0 Å². The molecule has 0 saturated heterocycles. The van der Waals surface area contributed by atoms with Gasteiger partial charge in [0.1, 0.15) is 0 Å². The van der Waals surface area contributed by atoms with Crippen LogP contribution in [-0.4, -0.2) is 13.1 Å². The van der Waals surface area contributed by atoms with Gasteiger partial charge in [0.15, 0.2) is 0 Å². The molecule has 1 aromatic carbocycles. The quantitative estimate of drug-likeness (QED) is 0.579. The van der Waals surface area contributed by atoms with E-state index in [1.165, 1.54) is 13.2 Å². The third kappa shape index (κ3) is 2.71. The third-order valence-corrected chi connectivity index (χ3v) is 1.88. The first kappa shape index (κ1) is 10.5. The van der Waals surface area contributed by atoms with Crippen molar-refractivity contribution in [2.24, 2.45) is 5.73 Å². The first-order valence-electron chi connectivity index (χ1n) is 4.32. The van der Waals surface area contributed by atoms with Gasteiger partial charge in [0.2, 0.25) is 0 Å². The van der Waals surface area contributed by atoms with Crippen LogP contribution in [0.1, 0.15) is 11.1 Å². The minimum absolute atomic E-state index is 0.364. The SMILES string of the molecule is COC(=O)C=Cc1ccccc1CN. The van der Waals surface area contributed by atoms with Crippen LogP contribution < -0.4 is 5.73 Å². The van der Waals surface area contributed by atoms with Gasteiger partial charge in [0.05, 0.1) is 7.11 Å². The van der Waals surface area contributed by atoms with Crippen LogP contribution in [0.3, 0.4) is 0 Å². The van der Waals surface area contributed by atoms with Crippen molar-refractivity contribution in [3.05, 3.63) is 41.5 Å². The number of hydrogen-bond donors (Lipinski definition) is 1. The predicted molar refractivity (Wildman–Crippen MR) is 55.4 cm³/mol. The summed E-state index contributed by atoms with van der Waals surface area (Å²) < 4.78 is 4.49. The fraction of sp³-hybridized carbons (Fsp3) is 0.182. The van der Waals surface area contributed by atoms with Crippen molar-refractivity contribution in [2.45, 2.75) is 6.54 Å². The Morgan fingerprint density at radius 2 is 2.21 bits per heavy atom. The first-order chi connectivity index (χ1) is 6.77. The van der Waals surface area contributed by atoms with Crippen LogP contribution in [0.4, 0.5) is 0 Å². The Balaban J connectivity index is 2.85. The maximum Gasteiger partial charge on any atom is 0.330 e.